The molecule has 0 saturated heterocycles. The van der Waals surface area contributed by atoms with Crippen LogP contribution >= 0.6 is 11.8 Å². The molecule has 0 fully saturated rings. The summed E-state index contributed by atoms with van der Waals surface area (Å²) in [4.78, 5) is 13.4. The summed E-state index contributed by atoms with van der Waals surface area (Å²) in [6, 6.07) is 17.9. The number of fused-ring (bicyclic) bond motifs is 2. The second-order valence-electron chi connectivity index (χ2n) is 4.74. The Morgan fingerprint density at radius 3 is 2.76 bits per heavy atom. The molecule has 2 aromatic carbocycles. The Bertz CT molecular complexity index is 902. The summed E-state index contributed by atoms with van der Waals surface area (Å²) in [7, 11) is 0. The summed E-state index contributed by atoms with van der Waals surface area (Å²) >= 11 is 1.91. The summed E-state index contributed by atoms with van der Waals surface area (Å²) in [5, 5.41) is 5.35. The molecule has 102 valence electrons. The van der Waals surface area contributed by atoms with Gasteiger partial charge in [0.15, 0.2) is 0 Å². The van der Waals surface area contributed by atoms with Crippen LogP contribution in [0.3, 0.4) is 0 Å². The van der Waals surface area contributed by atoms with Crippen LogP contribution in [0.5, 0.6) is 0 Å². The van der Waals surface area contributed by atoms with Gasteiger partial charge in [-0.3, -0.25) is 0 Å². The van der Waals surface area contributed by atoms with Crippen LogP contribution in [0.4, 0.5) is 5.69 Å². The number of para-hydroxylation sites is 1. The van der Waals surface area contributed by atoms with E-state index in [9.17, 15) is 4.79 Å². The first kappa shape index (κ1) is 13.0. The monoisotopic (exact) mass is 357 g/mol. The van der Waals surface area contributed by atoms with Gasteiger partial charge in [0, 0.05) is 0 Å². The Hall–Kier alpha value is -1.74. The zero-order valence-corrected chi connectivity index (χ0v) is 13.5. The van der Waals surface area contributed by atoms with E-state index in [0.717, 1.165) is 20.5 Å². The molecule has 1 aromatic heterocycles. The minimum atomic E-state index is 0.117. The first-order valence-corrected chi connectivity index (χ1v) is 9.11. The SMILES string of the molecule is O=c1cc(/C=C2\Nc3ccccc3S2)[se]c2ccccc12. The van der Waals surface area contributed by atoms with E-state index in [1.165, 1.54) is 9.16 Å². The van der Waals surface area contributed by atoms with Crippen LogP contribution in [-0.2, 0) is 0 Å². The average Bonchev–Trinajstić information content (AvgIpc) is 2.89. The Morgan fingerprint density at radius 1 is 1.05 bits per heavy atom. The van der Waals surface area contributed by atoms with E-state index in [-0.39, 0.29) is 19.9 Å². The third-order valence-electron chi connectivity index (χ3n) is 3.29. The third kappa shape index (κ3) is 2.46. The van der Waals surface area contributed by atoms with Crippen molar-refractivity contribution in [3.63, 3.8) is 0 Å². The summed E-state index contributed by atoms with van der Waals surface area (Å²) in [6.07, 6.45) is 2.11. The Labute approximate surface area is 132 Å². The number of benzene rings is 2. The molecule has 4 rings (SSSR count). The molecule has 0 amide bonds. The molecule has 0 aliphatic carbocycles. The number of anilines is 1. The molecular formula is C17H11NOSSe. The predicted octanol–water partition coefficient (Wildman–Crippen LogP) is 3.77. The standard InChI is InChI=1S/C17H11NOSSe/c19-14-9-11(21-16-8-4-1-5-12(14)16)10-17-18-13-6-2-3-7-15(13)20-17/h1-10,18H/b17-10+. The van der Waals surface area contributed by atoms with Crippen LogP contribution in [-0.4, -0.2) is 14.5 Å². The Kier molecular flexibility index (Phi) is 3.23. The molecular weight excluding hydrogens is 345 g/mol. The van der Waals surface area contributed by atoms with E-state index in [1.807, 2.05) is 30.3 Å². The van der Waals surface area contributed by atoms with Gasteiger partial charge in [0.1, 0.15) is 0 Å². The number of nitrogens with one attached hydrogen (secondary N) is 1. The normalized spacial score (nSPS) is 15.1. The first-order chi connectivity index (χ1) is 10.3. The molecule has 2 nitrogen and oxygen atoms in total. The van der Waals surface area contributed by atoms with E-state index in [2.05, 4.69) is 29.6 Å². The maximum absolute atomic E-state index is 12.2. The van der Waals surface area contributed by atoms with E-state index >= 15 is 0 Å². The fourth-order valence-electron chi connectivity index (χ4n) is 2.32. The van der Waals surface area contributed by atoms with E-state index in [4.69, 9.17) is 0 Å². The van der Waals surface area contributed by atoms with Crippen LogP contribution in [0.25, 0.3) is 15.7 Å². The van der Waals surface area contributed by atoms with Gasteiger partial charge < -0.3 is 0 Å². The molecule has 3 aromatic rings. The maximum atomic E-state index is 12.2. The molecule has 1 aliphatic rings. The number of hydrogen-bond acceptors (Lipinski definition) is 3. The summed E-state index contributed by atoms with van der Waals surface area (Å²) in [5.74, 6) is 0. The van der Waals surface area contributed by atoms with Gasteiger partial charge >= 0.3 is 132 Å². The second-order valence-corrected chi connectivity index (χ2v) is 8.16. The molecule has 0 radical (unpaired) electrons. The molecule has 4 heteroatoms. The molecule has 1 aliphatic heterocycles. The quantitative estimate of drug-likeness (QED) is 0.673. The van der Waals surface area contributed by atoms with E-state index in [0.29, 0.717) is 0 Å². The van der Waals surface area contributed by atoms with Crippen LogP contribution < -0.4 is 10.7 Å². The molecule has 1 N–H and O–H groups in total. The van der Waals surface area contributed by atoms with Crippen molar-refractivity contribution in [3.8, 4) is 0 Å². The van der Waals surface area contributed by atoms with Gasteiger partial charge in [-0.1, -0.05) is 0 Å². The second kappa shape index (κ2) is 5.23. The van der Waals surface area contributed by atoms with Crippen molar-refractivity contribution in [2.45, 2.75) is 4.90 Å². The number of thioether (sulfide) groups is 1. The zero-order valence-electron chi connectivity index (χ0n) is 11.0. The fraction of sp³-hybridized carbons (Fsp3) is 0. The fourth-order valence-corrected chi connectivity index (χ4v) is 5.60. The van der Waals surface area contributed by atoms with Crippen molar-refractivity contribution in [2.24, 2.45) is 0 Å². The van der Waals surface area contributed by atoms with Gasteiger partial charge in [-0.15, -0.1) is 0 Å². The first-order valence-electron chi connectivity index (χ1n) is 6.58. The van der Waals surface area contributed by atoms with Gasteiger partial charge in [-0.2, -0.15) is 0 Å². The Balaban J connectivity index is 1.76. The minimum absolute atomic E-state index is 0.117. The van der Waals surface area contributed by atoms with Crippen molar-refractivity contribution in [2.75, 3.05) is 5.32 Å². The molecule has 0 atom stereocenters. The third-order valence-corrected chi connectivity index (χ3v) is 6.50. The number of hydrogen-bond donors (Lipinski definition) is 1. The van der Waals surface area contributed by atoms with Gasteiger partial charge in [-0.25, -0.2) is 0 Å². The summed E-state index contributed by atoms with van der Waals surface area (Å²) < 4.78 is 2.29. The molecule has 21 heavy (non-hydrogen) atoms. The van der Waals surface area contributed by atoms with Crippen molar-refractivity contribution in [1.82, 2.24) is 0 Å². The summed E-state index contributed by atoms with van der Waals surface area (Å²) in [5.41, 5.74) is 1.26. The number of rotatable bonds is 1. The van der Waals surface area contributed by atoms with Crippen LogP contribution in [0, 0.1) is 0 Å². The molecule has 2 heterocycles. The van der Waals surface area contributed by atoms with Gasteiger partial charge in [-0.05, 0) is 0 Å². The van der Waals surface area contributed by atoms with Gasteiger partial charge in [0.25, 0.3) is 0 Å². The average molecular weight is 356 g/mol. The van der Waals surface area contributed by atoms with Crippen LogP contribution in [0.1, 0.15) is 4.44 Å². The molecule has 0 saturated carbocycles. The van der Waals surface area contributed by atoms with E-state index in [1.54, 1.807) is 17.8 Å². The molecule has 0 spiro atoms. The van der Waals surface area contributed by atoms with Crippen molar-refractivity contribution >= 4 is 47.7 Å². The van der Waals surface area contributed by atoms with Crippen LogP contribution in [0.2, 0.25) is 0 Å². The molecule has 0 unspecified atom stereocenters. The topological polar surface area (TPSA) is 29.1 Å². The zero-order chi connectivity index (χ0) is 14.2. The van der Waals surface area contributed by atoms with Crippen molar-refractivity contribution in [1.29, 1.82) is 0 Å². The van der Waals surface area contributed by atoms with Crippen LogP contribution in [0.15, 0.2) is 69.3 Å². The Morgan fingerprint density at radius 2 is 1.86 bits per heavy atom. The van der Waals surface area contributed by atoms with E-state index < -0.39 is 0 Å². The van der Waals surface area contributed by atoms with Gasteiger partial charge in [0.05, 0.1) is 0 Å². The predicted molar refractivity (Wildman–Crippen MR) is 91.1 cm³/mol. The van der Waals surface area contributed by atoms with Crippen molar-refractivity contribution < 1.29 is 0 Å². The molecule has 0 bridgehead atoms. The summed E-state index contributed by atoms with van der Waals surface area (Å²) in [6.45, 7) is 0. The van der Waals surface area contributed by atoms with Crippen molar-refractivity contribution in [3.05, 3.63) is 74.3 Å². The van der Waals surface area contributed by atoms with Gasteiger partial charge in [0.2, 0.25) is 0 Å².